The van der Waals surface area contributed by atoms with Crippen molar-refractivity contribution in [3.63, 3.8) is 0 Å². The lowest BCUT2D eigenvalue weighted by Crippen LogP contribution is -2.14. The minimum Gasteiger partial charge on any atom is -0.497 e. The van der Waals surface area contributed by atoms with Gasteiger partial charge in [-0.3, -0.25) is 4.72 Å². The number of sulfonamides is 1. The van der Waals surface area contributed by atoms with Crippen LogP contribution in [0.2, 0.25) is 0 Å². The molecule has 0 aliphatic carbocycles. The second kappa shape index (κ2) is 5.15. The van der Waals surface area contributed by atoms with Gasteiger partial charge < -0.3 is 10.5 Å². The number of nitrogens with one attached hydrogen (secondary N) is 1. The van der Waals surface area contributed by atoms with Gasteiger partial charge in [-0.05, 0) is 24.3 Å². The average Bonchev–Trinajstić information content (AvgIpc) is 2.38. The van der Waals surface area contributed by atoms with Gasteiger partial charge in [-0.1, -0.05) is 12.1 Å². The van der Waals surface area contributed by atoms with Crippen LogP contribution in [-0.4, -0.2) is 20.5 Å². The highest BCUT2D eigenvalue weighted by Crippen LogP contribution is 2.19. The summed E-state index contributed by atoms with van der Waals surface area (Å²) in [6.45, 7) is 0. The van der Waals surface area contributed by atoms with Crippen molar-refractivity contribution in [2.45, 2.75) is 4.90 Å². The number of methoxy groups -OCH3 is 1. The summed E-state index contributed by atoms with van der Waals surface area (Å²) in [6.07, 6.45) is 0. The van der Waals surface area contributed by atoms with Crippen molar-refractivity contribution < 1.29 is 13.2 Å². The zero-order valence-electron chi connectivity index (χ0n) is 10.2. The number of aromatic nitrogens is 1. The van der Waals surface area contributed by atoms with E-state index in [0.29, 0.717) is 5.75 Å². The Balaban J connectivity index is 2.32. The summed E-state index contributed by atoms with van der Waals surface area (Å²) < 4.78 is 31.6. The zero-order chi connectivity index (χ0) is 13.9. The molecule has 19 heavy (non-hydrogen) atoms. The molecule has 0 spiro atoms. The lowest BCUT2D eigenvalue weighted by atomic mass is 10.3. The summed E-state index contributed by atoms with van der Waals surface area (Å²) in [5.41, 5.74) is 5.50. The van der Waals surface area contributed by atoms with Gasteiger partial charge in [0.25, 0.3) is 10.0 Å². The monoisotopic (exact) mass is 279 g/mol. The minimum absolute atomic E-state index is 0.0936. The van der Waals surface area contributed by atoms with E-state index >= 15 is 0 Å². The van der Waals surface area contributed by atoms with E-state index in [4.69, 9.17) is 10.5 Å². The highest BCUT2D eigenvalue weighted by Gasteiger charge is 2.15. The number of rotatable bonds is 4. The van der Waals surface area contributed by atoms with Gasteiger partial charge in [0.05, 0.1) is 12.0 Å². The maximum atomic E-state index is 12.1. The Labute approximate surface area is 111 Å². The Morgan fingerprint density at radius 2 is 1.95 bits per heavy atom. The number of anilines is 2. The van der Waals surface area contributed by atoms with Crippen molar-refractivity contribution >= 4 is 21.7 Å². The number of nitrogens with two attached hydrogens (primary N) is 1. The number of benzene rings is 1. The predicted molar refractivity (Wildman–Crippen MR) is 72.5 cm³/mol. The van der Waals surface area contributed by atoms with Crippen molar-refractivity contribution in [2.75, 3.05) is 17.6 Å². The van der Waals surface area contributed by atoms with Gasteiger partial charge in [0, 0.05) is 6.07 Å². The molecule has 6 nitrogen and oxygen atoms in total. The molecule has 1 heterocycles. The molecule has 0 atom stereocenters. The van der Waals surface area contributed by atoms with Crippen molar-refractivity contribution in [3.05, 3.63) is 42.5 Å². The maximum absolute atomic E-state index is 12.1. The molecule has 0 saturated heterocycles. The van der Waals surface area contributed by atoms with Gasteiger partial charge in [0.15, 0.2) is 0 Å². The summed E-state index contributed by atoms with van der Waals surface area (Å²) in [5.74, 6) is 0.872. The van der Waals surface area contributed by atoms with Crippen LogP contribution in [0.25, 0.3) is 0 Å². The van der Waals surface area contributed by atoms with Crippen molar-refractivity contribution in [2.24, 2.45) is 0 Å². The van der Waals surface area contributed by atoms with Crippen LogP contribution >= 0.6 is 0 Å². The van der Waals surface area contributed by atoms with Crippen LogP contribution in [0, 0.1) is 0 Å². The number of ether oxygens (including phenoxy) is 1. The minimum atomic E-state index is -3.71. The van der Waals surface area contributed by atoms with E-state index in [2.05, 4.69) is 9.71 Å². The molecule has 1 aromatic heterocycles. The van der Waals surface area contributed by atoms with E-state index in [1.54, 1.807) is 24.3 Å². The number of nitrogen functional groups attached to an aromatic ring is 1. The smallest absolute Gasteiger partial charge is 0.263 e. The fraction of sp³-hybridized carbons (Fsp3) is 0.0833. The van der Waals surface area contributed by atoms with Gasteiger partial charge in [-0.15, -0.1) is 0 Å². The van der Waals surface area contributed by atoms with E-state index in [1.807, 2.05) is 0 Å². The third kappa shape index (κ3) is 3.14. The van der Waals surface area contributed by atoms with Gasteiger partial charge in [0.2, 0.25) is 0 Å². The van der Waals surface area contributed by atoms with Crippen LogP contribution in [0.3, 0.4) is 0 Å². The fourth-order valence-corrected chi connectivity index (χ4v) is 2.51. The van der Waals surface area contributed by atoms with Crippen LogP contribution in [-0.2, 0) is 10.0 Å². The number of pyridine rings is 1. The molecule has 0 fully saturated rings. The quantitative estimate of drug-likeness (QED) is 0.883. The number of nitrogens with zero attached hydrogens (tertiary/aromatic N) is 1. The first-order valence-electron chi connectivity index (χ1n) is 5.41. The molecule has 2 aromatic rings. The van der Waals surface area contributed by atoms with Gasteiger partial charge in [0.1, 0.15) is 17.4 Å². The molecule has 0 aliphatic rings. The van der Waals surface area contributed by atoms with Crippen molar-refractivity contribution in [1.82, 2.24) is 4.98 Å². The largest absolute Gasteiger partial charge is 0.497 e. The van der Waals surface area contributed by atoms with Crippen LogP contribution in [0.5, 0.6) is 5.75 Å². The molecule has 0 unspecified atom stereocenters. The van der Waals surface area contributed by atoms with E-state index < -0.39 is 10.0 Å². The second-order valence-electron chi connectivity index (χ2n) is 3.73. The maximum Gasteiger partial charge on any atom is 0.263 e. The Morgan fingerprint density at radius 3 is 2.63 bits per heavy atom. The molecule has 3 N–H and O–H groups in total. The Hall–Kier alpha value is -2.28. The SMILES string of the molecule is COc1cccc(S(=O)(=O)Nc2cccc(N)n2)c1. The van der Waals surface area contributed by atoms with E-state index in [1.165, 1.54) is 25.3 Å². The molecular weight excluding hydrogens is 266 g/mol. The molecule has 1 aromatic carbocycles. The predicted octanol–water partition coefficient (Wildman–Crippen LogP) is 1.47. The molecule has 0 amide bonds. The molecule has 0 bridgehead atoms. The van der Waals surface area contributed by atoms with E-state index in [0.717, 1.165) is 0 Å². The van der Waals surface area contributed by atoms with Gasteiger partial charge in [-0.2, -0.15) is 0 Å². The lowest BCUT2D eigenvalue weighted by molar-refractivity contribution is 0.413. The Kier molecular flexibility index (Phi) is 3.57. The molecule has 100 valence electrons. The molecule has 0 saturated carbocycles. The standard InChI is InChI=1S/C12H13N3O3S/c1-18-9-4-2-5-10(8-9)19(16,17)15-12-7-3-6-11(13)14-12/h2-8H,1H3,(H3,13,14,15). The molecule has 0 radical (unpaired) electrons. The third-order valence-electron chi connectivity index (χ3n) is 2.36. The van der Waals surface area contributed by atoms with Gasteiger partial charge >= 0.3 is 0 Å². The van der Waals surface area contributed by atoms with Crippen molar-refractivity contribution in [1.29, 1.82) is 0 Å². The Morgan fingerprint density at radius 1 is 1.21 bits per heavy atom. The summed E-state index contributed by atoms with van der Waals surface area (Å²) in [5, 5.41) is 0. The first kappa shape index (κ1) is 13.2. The third-order valence-corrected chi connectivity index (χ3v) is 3.71. The molecule has 0 aliphatic heterocycles. The first-order chi connectivity index (χ1) is 9.01. The topological polar surface area (TPSA) is 94.3 Å². The van der Waals surface area contributed by atoms with E-state index in [9.17, 15) is 8.42 Å². The normalized spacial score (nSPS) is 11.0. The average molecular weight is 279 g/mol. The summed E-state index contributed by atoms with van der Waals surface area (Å²) in [7, 11) is -2.24. The van der Waals surface area contributed by atoms with Crippen molar-refractivity contribution in [3.8, 4) is 5.75 Å². The summed E-state index contributed by atoms with van der Waals surface area (Å²) in [4.78, 5) is 3.98. The fourth-order valence-electron chi connectivity index (χ4n) is 1.47. The van der Waals surface area contributed by atoms with Crippen LogP contribution < -0.4 is 15.2 Å². The zero-order valence-corrected chi connectivity index (χ0v) is 11.0. The van der Waals surface area contributed by atoms with Crippen LogP contribution in [0.4, 0.5) is 11.6 Å². The molecular formula is C12H13N3O3S. The molecule has 7 heteroatoms. The molecule has 2 rings (SSSR count). The highest BCUT2D eigenvalue weighted by atomic mass is 32.2. The summed E-state index contributed by atoms with van der Waals surface area (Å²) in [6, 6.07) is 10.9. The Bertz CT molecular complexity index is 686. The van der Waals surface area contributed by atoms with Crippen LogP contribution in [0.1, 0.15) is 0 Å². The van der Waals surface area contributed by atoms with Crippen LogP contribution in [0.15, 0.2) is 47.4 Å². The van der Waals surface area contributed by atoms with Gasteiger partial charge in [-0.25, -0.2) is 13.4 Å². The number of hydrogen-bond acceptors (Lipinski definition) is 5. The van der Waals surface area contributed by atoms with E-state index in [-0.39, 0.29) is 16.5 Å². The summed E-state index contributed by atoms with van der Waals surface area (Å²) >= 11 is 0. The second-order valence-corrected chi connectivity index (χ2v) is 5.41. The lowest BCUT2D eigenvalue weighted by Gasteiger charge is -2.08. The number of hydrogen-bond donors (Lipinski definition) is 2. The highest BCUT2D eigenvalue weighted by molar-refractivity contribution is 7.92. The first-order valence-corrected chi connectivity index (χ1v) is 6.89.